The Morgan fingerprint density at radius 2 is 2.17 bits per heavy atom. The topological polar surface area (TPSA) is 42.0 Å². The molecule has 0 aliphatic rings. The van der Waals surface area contributed by atoms with Gasteiger partial charge in [-0.2, -0.15) is 0 Å². The van der Waals surface area contributed by atoms with Gasteiger partial charge in [-0.15, -0.1) is 0 Å². The zero-order chi connectivity index (χ0) is 12.8. The van der Waals surface area contributed by atoms with E-state index in [9.17, 15) is 4.79 Å². The van der Waals surface area contributed by atoms with E-state index in [0.29, 0.717) is 6.54 Å². The van der Waals surface area contributed by atoms with E-state index in [4.69, 9.17) is 0 Å². The highest BCUT2D eigenvalue weighted by molar-refractivity contribution is 5.89. The molecule has 92 valence electrons. The number of hydrogen-bond acceptors (Lipinski definition) is 2. The number of benzene rings is 1. The molecule has 1 aromatic heterocycles. The van der Waals surface area contributed by atoms with Gasteiger partial charge in [0, 0.05) is 36.8 Å². The van der Waals surface area contributed by atoms with Crippen molar-refractivity contribution in [3.8, 4) is 0 Å². The van der Waals surface area contributed by atoms with Gasteiger partial charge in [0.15, 0.2) is 0 Å². The Labute approximate surface area is 107 Å². The van der Waals surface area contributed by atoms with Gasteiger partial charge in [-0.25, -0.2) is 0 Å². The molecule has 18 heavy (non-hydrogen) atoms. The van der Waals surface area contributed by atoms with Gasteiger partial charge >= 0.3 is 0 Å². The maximum atomic E-state index is 10.7. The Morgan fingerprint density at radius 1 is 1.33 bits per heavy atom. The predicted octanol–water partition coefficient (Wildman–Crippen LogP) is 2.77. The zero-order valence-corrected chi connectivity index (χ0v) is 10.4. The number of nitrogens with zero attached hydrogens (tertiary/aromatic N) is 1. The minimum atomic E-state index is 0.00947. The number of hydrogen-bond donors (Lipinski definition) is 1. The number of nitrogens with one attached hydrogen (secondary N) is 1. The fourth-order valence-electron chi connectivity index (χ4n) is 1.81. The standard InChI is InChI=1S/C15H16N2O/c1-12(18)17-9-5-4-7-14-11-16-10-13-6-2-3-8-15(13)14/h2-4,6-8,10-11H,5,9H2,1H3,(H,17,18). The summed E-state index contributed by atoms with van der Waals surface area (Å²) in [6.07, 6.45) is 8.65. The molecule has 1 N–H and O–H groups in total. The van der Waals surface area contributed by atoms with E-state index in [2.05, 4.69) is 34.6 Å². The minimum absolute atomic E-state index is 0.00947. The van der Waals surface area contributed by atoms with Crippen LogP contribution in [0.5, 0.6) is 0 Å². The van der Waals surface area contributed by atoms with Crippen molar-refractivity contribution < 1.29 is 4.79 Å². The Morgan fingerprint density at radius 3 is 3.00 bits per heavy atom. The lowest BCUT2D eigenvalue weighted by atomic mass is 10.1. The van der Waals surface area contributed by atoms with E-state index in [1.54, 1.807) is 0 Å². The fraction of sp³-hybridized carbons (Fsp3) is 0.200. The van der Waals surface area contributed by atoms with Crippen LogP contribution in [-0.4, -0.2) is 17.4 Å². The van der Waals surface area contributed by atoms with Crippen molar-refractivity contribution in [1.82, 2.24) is 10.3 Å². The summed E-state index contributed by atoms with van der Waals surface area (Å²) in [6.45, 7) is 2.20. The van der Waals surface area contributed by atoms with Gasteiger partial charge in [-0.1, -0.05) is 36.4 Å². The van der Waals surface area contributed by atoms with Crippen LogP contribution in [0.15, 0.2) is 42.7 Å². The SMILES string of the molecule is CC(=O)NCCC=Cc1cncc2ccccc12. The van der Waals surface area contributed by atoms with Crippen molar-refractivity contribution in [2.45, 2.75) is 13.3 Å². The van der Waals surface area contributed by atoms with Gasteiger partial charge in [-0.3, -0.25) is 9.78 Å². The molecule has 0 fully saturated rings. The largest absolute Gasteiger partial charge is 0.356 e. The van der Waals surface area contributed by atoms with Crippen molar-refractivity contribution in [2.24, 2.45) is 0 Å². The normalized spacial score (nSPS) is 10.9. The third-order valence-corrected chi connectivity index (χ3v) is 2.68. The molecule has 0 aliphatic carbocycles. The molecule has 0 radical (unpaired) electrons. The van der Waals surface area contributed by atoms with Gasteiger partial charge in [-0.05, 0) is 11.8 Å². The van der Waals surface area contributed by atoms with E-state index in [1.807, 2.05) is 24.5 Å². The van der Waals surface area contributed by atoms with Crippen LogP contribution in [0.4, 0.5) is 0 Å². The molecule has 2 rings (SSSR count). The van der Waals surface area contributed by atoms with Gasteiger partial charge < -0.3 is 5.32 Å². The van der Waals surface area contributed by atoms with Crippen LogP contribution in [-0.2, 0) is 4.79 Å². The first-order chi connectivity index (χ1) is 8.77. The van der Waals surface area contributed by atoms with Crippen LogP contribution in [0.1, 0.15) is 18.9 Å². The molecule has 3 nitrogen and oxygen atoms in total. The molecular formula is C15H16N2O. The third-order valence-electron chi connectivity index (χ3n) is 2.68. The predicted molar refractivity (Wildman–Crippen MR) is 74.1 cm³/mol. The van der Waals surface area contributed by atoms with Gasteiger partial charge in [0.05, 0.1) is 0 Å². The quantitative estimate of drug-likeness (QED) is 0.835. The van der Waals surface area contributed by atoms with Gasteiger partial charge in [0.1, 0.15) is 0 Å². The Bertz CT molecular complexity index is 570. The summed E-state index contributed by atoms with van der Waals surface area (Å²) in [5.74, 6) is 0.00947. The smallest absolute Gasteiger partial charge is 0.216 e. The van der Waals surface area contributed by atoms with Crippen LogP contribution in [0, 0.1) is 0 Å². The number of fused-ring (bicyclic) bond motifs is 1. The molecule has 0 spiro atoms. The summed E-state index contributed by atoms with van der Waals surface area (Å²) in [7, 11) is 0. The molecule has 0 aliphatic heterocycles. The average molecular weight is 240 g/mol. The van der Waals surface area contributed by atoms with Crippen LogP contribution >= 0.6 is 0 Å². The maximum absolute atomic E-state index is 10.7. The second kappa shape index (κ2) is 5.96. The summed E-state index contributed by atoms with van der Waals surface area (Å²) in [6, 6.07) is 8.17. The molecule has 0 atom stereocenters. The minimum Gasteiger partial charge on any atom is -0.356 e. The molecule has 1 amide bonds. The van der Waals surface area contributed by atoms with Crippen molar-refractivity contribution in [2.75, 3.05) is 6.54 Å². The summed E-state index contributed by atoms with van der Waals surface area (Å²) in [5, 5.41) is 5.10. The molecule has 0 saturated carbocycles. The van der Waals surface area contributed by atoms with E-state index in [0.717, 1.165) is 17.4 Å². The average Bonchev–Trinajstić information content (AvgIpc) is 2.38. The van der Waals surface area contributed by atoms with Crippen LogP contribution in [0.25, 0.3) is 16.8 Å². The zero-order valence-electron chi connectivity index (χ0n) is 10.4. The first-order valence-corrected chi connectivity index (χ1v) is 6.01. The lowest BCUT2D eigenvalue weighted by Gasteiger charge is -2.01. The monoisotopic (exact) mass is 240 g/mol. The van der Waals surface area contributed by atoms with Gasteiger partial charge in [0.25, 0.3) is 0 Å². The molecule has 0 unspecified atom stereocenters. The molecule has 1 aromatic carbocycles. The Hall–Kier alpha value is -2.16. The highest BCUT2D eigenvalue weighted by Crippen LogP contribution is 2.18. The van der Waals surface area contributed by atoms with Crippen molar-refractivity contribution in [1.29, 1.82) is 0 Å². The summed E-state index contributed by atoms with van der Waals surface area (Å²) >= 11 is 0. The molecule has 2 aromatic rings. The second-order valence-corrected chi connectivity index (χ2v) is 4.12. The molecular weight excluding hydrogens is 224 g/mol. The van der Waals surface area contributed by atoms with Crippen LogP contribution in [0.2, 0.25) is 0 Å². The number of pyridine rings is 1. The first-order valence-electron chi connectivity index (χ1n) is 6.01. The van der Waals surface area contributed by atoms with E-state index < -0.39 is 0 Å². The third kappa shape index (κ3) is 3.17. The lowest BCUT2D eigenvalue weighted by molar-refractivity contribution is -0.118. The van der Waals surface area contributed by atoms with E-state index in [-0.39, 0.29) is 5.91 Å². The number of carbonyl (C=O) groups is 1. The molecule has 0 saturated heterocycles. The maximum Gasteiger partial charge on any atom is 0.216 e. The summed E-state index contributed by atoms with van der Waals surface area (Å²) in [5.41, 5.74) is 1.11. The van der Waals surface area contributed by atoms with Gasteiger partial charge in [0.2, 0.25) is 5.91 Å². The highest BCUT2D eigenvalue weighted by Gasteiger charge is 1.96. The Balaban J connectivity index is 2.07. The second-order valence-electron chi connectivity index (χ2n) is 4.12. The van der Waals surface area contributed by atoms with Crippen molar-refractivity contribution >= 4 is 22.8 Å². The van der Waals surface area contributed by atoms with Crippen LogP contribution in [0.3, 0.4) is 0 Å². The number of rotatable bonds is 4. The summed E-state index contributed by atoms with van der Waals surface area (Å²) in [4.78, 5) is 14.9. The Kier molecular flexibility index (Phi) is 4.07. The molecule has 0 bridgehead atoms. The van der Waals surface area contributed by atoms with Crippen molar-refractivity contribution in [3.63, 3.8) is 0 Å². The summed E-state index contributed by atoms with van der Waals surface area (Å²) < 4.78 is 0. The van der Waals surface area contributed by atoms with E-state index >= 15 is 0 Å². The van der Waals surface area contributed by atoms with E-state index in [1.165, 1.54) is 12.3 Å². The fourth-order valence-corrected chi connectivity index (χ4v) is 1.81. The van der Waals surface area contributed by atoms with Crippen molar-refractivity contribution in [3.05, 3.63) is 48.3 Å². The number of aromatic nitrogens is 1. The van der Waals surface area contributed by atoms with Crippen LogP contribution < -0.4 is 5.32 Å². The number of carbonyl (C=O) groups excluding carboxylic acids is 1. The first kappa shape index (κ1) is 12.3. The molecule has 3 heteroatoms. The number of amides is 1. The lowest BCUT2D eigenvalue weighted by Crippen LogP contribution is -2.20. The highest BCUT2D eigenvalue weighted by atomic mass is 16.1. The molecule has 1 heterocycles.